The van der Waals surface area contributed by atoms with E-state index < -0.39 is 55.3 Å². The number of carbonyl (C=O) groups is 3. The topological polar surface area (TPSA) is 148 Å². The second-order valence-corrected chi connectivity index (χ2v) is 8.09. The van der Waals surface area contributed by atoms with Crippen LogP contribution in [0.4, 0.5) is 10.5 Å². The lowest BCUT2D eigenvalue weighted by atomic mass is 9.98. The molecule has 1 saturated heterocycles. The molecule has 2 aliphatic heterocycles. The minimum Gasteiger partial charge on any atom is -0.454 e. The molecule has 0 aromatic heterocycles. The van der Waals surface area contributed by atoms with E-state index in [4.69, 9.17) is 33.2 Å². The van der Waals surface area contributed by atoms with Gasteiger partial charge in [-0.05, 0) is 25.0 Å². The molecule has 2 N–H and O–H groups in total. The van der Waals surface area contributed by atoms with Gasteiger partial charge in [-0.2, -0.15) is 0 Å². The second-order valence-electron chi connectivity index (χ2n) is 8.09. The third kappa shape index (κ3) is 7.44. The van der Waals surface area contributed by atoms with Crippen molar-refractivity contribution in [1.82, 2.24) is 0 Å². The molecule has 2 heterocycles. The Hall–Kier alpha value is -3.61. The Kier molecular flexibility index (Phi) is 10.3. The number of allylic oxidation sites excluding steroid dienone is 2. The minimum absolute atomic E-state index is 0.00706. The SMILES string of the molecule is C=CCCC(=O)O[C@@H]1[C@H](OC(=O)CCC=C)[C@@H](OC)O[C@H](CO)[C@H]1OC(=O)Nc1ccc2c(c1)OCO2. The maximum absolute atomic E-state index is 12.8. The number of aliphatic hydroxyl groups excluding tert-OH is 1. The largest absolute Gasteiger partial charge is 0.454 e. The fourth-order valence-corrected chi connectivity index (χ4v) is 3.72. The Morgan fingerprint density at radius 2 is 1.65 bits per heavy atom. The van der Waals surface area contributed by atoms with E-state index in [0.29, 0.717) is 30.0 Å². The van der Waals surface area contributed by atoms with Crippen molar-refractivity contribution in [3.05, 3.63) is 43.5 Å². The summed E-state index contributed by atoms with van der Waals surface area (Å²) < 4.78 is 38.2. The molecule has 0 saturated carbocycles. The molecule has 1 aromatic rings. The van der Waals surface area contributed by atoms with E-state index in [-0.39, 0.29) is 19.6 Å². The second kappa shape index (κ2) is 13.6. The molecule has 0 radical (unpaired) electrons. The predicted molar refractivity (Wildman–Crippen MR) is 128 cm³/mol. The number of carbonyl (C=O) groups excluding carboxylic acids is 3. The van der Waals surface area contributed by atoms with E-state index in [1.165, 1.54) is 7.11 Å². The first kappa shape index (κ1) is 28.0. The van der Waals surface area contributed by atoms with Gasteiger partial charge in [-0.15, -0.1) is 13.2 Å². The van der Waals surface area contributed by atoms with Crippen LogP contribution in [-0.4, -0.2) is 74.4 Å². The van der Waals surface area contributed by atoms with Crippen LogP contribution in [0, 0.1) is 0 Å². The molecule has 0 aliphatic carbocycles. The average molecular weight is 522 g/mol. The Bertz CT molecular complexity index is 981. The van der Waals surface area contributed by atoms with Gasteiger partial charge in [-0.1, -0.05) is 12.2 Å². The minimum atomic E-state index is -1.35. The zero-order valence-corrected chi connectivity index (χ0v) is 20.5. The molecule has 2 aliphatic rings. The number of anilines is 1. The van der Waals surface area contributed by atoms with Crippen molar-refractivity contribution in [1.29, 1.82) is 0 Å². The van der Waals surface area contributed by atoms with Gasteiger partial charge < -0.3 is 38.3 Å². The van der Waals surface area contributed by atoms with E-state index in [0.717, 1.165) is 0 Å². The van der Waals surface area contributed by atoms with Gasteiger partial charge in [0.15, 0.2) is 36.1 Å². The molecule has 202 valence electrons. The maximum atomic E-state index is 12.8. The molecule has 0 bridgehead atoms. The molecule has 1 aromatic carbocycles. The number of benzene rings is 1. The highest BCUT2D eigenvalue weighted by atomic mass is 16.7. The Morgan fingerprint density at radius 3 is 2.27 bits per heavy atom. The van der Waals surface area contributed by atoms with Crippen molar-refractivity contribution in [2.24, 2.45) is 0 Å². The first-order chi connectivity index (χ1) is 17.9. The van der Waals surface area contributed by atoms with Crippen LogP contribution in [0.2, 0.25) is 0 Å². The molecular weight excluding hydrogens is 490 g/mol. The molecule has 12 nitrogen and oxygen atoms in total. The first-order valence-corrected chi connectivity index (χ1v) is 11.7. The van der Waals surface area contributed by atoms with Gasteiger partial charge in [-0.25, -0.2) is 4.79 Å². The summed E-state index contributed by atoms with van der Waals surface area (Å²) in [5.74, 6) is -0.322. The van der Waals surface area contributed by atoms with Crippen LogP contribution in [0.5, 0.6) is 11.5 Å². The van der Waals surface area contributed by atoms with Crippen molar-refractivity contribution in [3.63, 3.8) is 0 Å². The number of nitrogens with one attached hydrogen (secondary N) is 1. The van der Waals surface area contributed by atoms with E-state index in [2.05, 4.69) is 18.5 Å². The van der Waals surface area contributed by atoms with Gasteiger partial charge >= 0.3 is 18.0 Å². The van der Waals surface area contributed by atoms with E-state index >= 15 is 0 Å². The van der Waals surface area contributed by atoms with Crippen LogP contribution in [0.3, 0.4) is 0 Å². The number of hydrogen-bond acceptors (Lipinski definition) is 11. The van der Waals surface area contributed by atoms with Crippen molar-refractivity contribution in [3.8, 4) is 11.5 Å². The van der Waals surface area contributed by atoms with Gasteiger partial charge in [0.1, 0.15) is 6.10 Å². The summed E-state index contributed by atoms with van der Waals surface area (Å²) in [4.78, 5) is 37.8. The van der Waals surface area contributed by atoms with Crippen molar-refractivity contribution in [2.75, 3.05) is 25.8 Å². The third-order valence-electron chi connectivity index (χ3n) is 5.51. The van der Waals surface area contributed by atoms with Crippen molar-refractivity contribution >= 4 is 23.7 Å². The van der Waals surface area contributed by atoms with Gasteiger partial charge in [0, 0.05) is 31.7 Å². The molecule has 1 fully saturated rings. The van der Waals surface area contributed by atoms with Crippen LogP contribution in [0.25, 0.3) is 0 Å². The Balaban J connectivity index is 1.82. The smallest absolute Gasteiger partial charge is 0.412 e. The van der Waals surface area contributed by atoms with E-state index in [1.54, 1.807) is 30.4 Å². The lowest BCUT2D eigenvalue weighted by Gasteiger charge is -2.43. The van der Waals surface area contributed by atoms with Gasteiger partial charge in [0.2, 0.25) is 6.79 Å². The summed E-state index contributed by atoms with van der Waals surface area (Å²) in [7, 11) is 1.30. The molecule has 37 heavy (non-hydrogen) atoms. The van der Waals surface area contributed by atoms with Crippen LogP contribution >= 0.6 is 0 Å². The summed E-state index contributed by atoms with van der Waals surface area (Å²) in [6.07, 6.45) is -3.53. The number of rotatable bonds is 12. The van der Waals surface area contributed by atoms with E-state index in [9.17, 15) is 19.5 Å². The molecule has 5 atom stereocenters. The summed E-state index contributed by atoms with van der Waals surface area (Å²) in [5.41, 5.74) is 0.341. The maximum Gasteiger partial charge on any atom is 0.412 e. The van der Waals surface area contributed by atoms with Crippen LogP contribution in [0.1, 0.15) is 25.7 Å². The van der Waals surface area contributed by atoms with Crippen LogP contribution < -0.4 is 14.8 Å². The molecule has 12 heteroatoms. The number of ether oxygens (including phenoxy) is 7. The number of esters is 2. The van der Waals surface area contributed by atoms with Gasteiger partial charge in [0.05, 0.1) is 6.61 Å². The first-order valence-electron chi connectivity index (χ1n) is 11.7. The van der Waals surface area contributed by atoms with Gasteiger partial charge in [0.25, 0.3) is 0 Å². The van der Waals surface area contributed by atoms with E-state index in [1.807, 2.05) is 0 Å². The van der Waals surface area contributed by atoms with Crippen molar-refractivity contribution in [2.45, 2.75) is 56.4 Å². The highest BCUT2D eigenvalue weighted by molar-refractivity contribution is 5.85. The fourth-order valence-electron chi connectivity index (χ4n) is 3.72. The number of amides is 1. The lowest BCUT2D eigenvalue weighted by molar-refractivity contribution is -0.299. The van der Waals surface area contributed by atoms with Crippen LogP contribution in [0.15, 0.2) is 43.5 Å². The predicted octanol–water partition coefficient (Wildman–Crippen LogP) is 2.45. The molecular formula is C25H31NO11. The standard InChI is InChI=1S/C25H31NO11/c1-4-6-8-19(28)35-22-21(37-25(30)26-15-10-11-16-17(12-15)33-14-32-16)18(13-27)34-24(31-3)23(22)36-20(29)9-7-5-2/h4-5,10-12,18,21-24,27H,1-2,6-9,13-14H2,3H3,(H,26,30)/t18-,21-,22+,23+,24+/m1/s1. The summed E-state index contributed by atoms with van der Waals surface area (Å²) in [6, 6.07) is 4.74. The normalized spacial score (nSPS) is 24.0. The monoisotopic (exact) mass is 521 g/mol. The van der Waals surface area contributed by atoms with Crippen molar-refractivity contribution < 1.29 is 52.6 Å². The number of aliphatic hydroxyl groups is 1. The lowest BCUT2D eigenvalue weighted by Crippen LogP contribution is -2.62. The number of fused-ring (bicyclic) bond motifs is 1. The third-order valence-corrected chi connectivity index (χ3v) is 5.51. The number of methoxy groups -OCH3 is 1. The Labute approximate surface area is 214 Å². The average Bonchev–Trinajstić information content (AvgIpc) is 3.36. The Morgan fingerprint density at radius 1 is 1.00 bits per heavy atom. The highest BCUT2D eigenvalue weighted by Crippen LogP contribution is 2.35. The molecule has 1 amide bonds. The quantitative estimate of drug-likeness (QED) is 0.237. The zero-order valence-electron chi connectivity index (χ0n) is 20.5. The fraction of sp³-hybridized carbons (Fsp3) is 0.480. The number of hydrogen-bond donors (Lipinski definition) is 2. The zero-order chi connectivity index (χ0) is 26.8. The molecule has 0 unspecified atom stereocenters. The highest BCUT2D eigenvalue weighted by Gasteiger charge is 2.52. The van der Waals surface area contributed by atoms with Crippen LogP contribution in [-0.2, 0) is 33.3 Å². The van der Waals surface area contributed by atoms with Gasteiger partial charge in [-0.3, -0.25) is 14.9 Å². The molecule has 3 rings (SSSR count). The molecule has 0 spiro atoms. The summed E-state index contributed by atoms with van der Waals surface area (Å²) in [5, 5.41) is 12.5. The summed E-state index contributed by atoms with van der Waals surface area (Å²) >= 11 is 0. The summed E-state index contributed by atoms with van der Waals surface area (Å²) in [6.45, 7) is 6.60.